The number of Topliss-reactive ketones (excluding diaryl/α,β-unsaturated/α-hetero) is 1. The molecule has 15 nitrogen and oxygen atoms in total. The molecule has 10 N–H and O–H groups in total. The van der Waals surface area contributed by atoms with Gasteiger partial charge in [-0.05, 0) is 48.9 Å². The summed E-state index contributed by atoms with van der Waals surface area (Å²) in [5.74, 6) is -8.39. The van der Waals surface area contributed by atoms with Gasteiger partial charge in [-0.3, -0.25) is 33.8 Å². The van der Waals surface area contributed by atoms with E-state index in [0.717, 1.165) is 0 Å². The van der Waals surface area contributed by atoms with Crippen molar-refractivity contribution >= 4 is 58.2 Å². The molecule has 0 bridgehead atoms. The molecule has 1 aromatic carbocycles. The Labute approximate surface area is 235 Å². The number of hydrogen-bond acceptors (Lipinski definition) is 9. The van der Waals surface area contributed by atoms with Gasteiger partial charge in [0.2, 0.25) is 5.95 Å². The summed E-state index contributed by atoms with van der Waals surface area (Å²) < 4.78 is 0. The van der Waals surface area contributed by atoms with Gasteiger partial charge in [-0.1, -0.05) is 17.7 Å². The molecule has 0 saturated carbocycles. The number of hydrogen-bond donors (Lipinski definition) is 8. The van der Waals surface area contributed by atoms with Crippen molar-refractivity contribution in [1.82, 2.24) is 20.3 Å². The van der Waals surface area contributed by atoms with E-state index in [4.69, 9.17) is 33.3 Å². The van der Waals surface area contributed by atoms with Crippen LogP contribution < -0.4 is 22.3 Å². The Morgan fingerprint density at radius 2 is 1.78 bits per heavy atom. The number of aromatic amines is 2. The van der Waals surface area contributed by atoms with Crippen molar-refractivity contribution < 1.29 is 39.3 Å². The minimum absolute atomic E-state index is 0.00154. The zero-order chi connectivity index (χ0) is 30.4. The molecular weight excluding hydrogens is 564 g/mol. The Hall–Kier alpha value is -4.76. The smallest absolute Gasteiger partial charge is 0.320 e. The van der Waals surface area contributed by atoms with Gasteiger partial charge in [0.25, 0.3) is 11.5 Å². The van der Waals surface area contributed by atoms with Gasteiger partial charge in [0.05, 0.1) is 22.0 Å². The zero-order valence-corrected chi connectivity index (χ0v) is 22.1. The van der Waals surface area contributed by atoms with Gasteiger partial charge in [-0.15, -0.1) is 0 Å². The number of carboxylic acids is 3. The number of aryl methyl sites for hydroxylation is 2. The Morgan fingerprint density at radius 1 is 1.07 bits per heavy atom. The van der Waals surface area contributed by atoms with Crippen LogP contribution in [0.4, 0.5) is 5.95 Å². The second-order valence-electron chi connectivity index (χ2n) is 9.23. The van der Waals surface area contributed by atoms with Crippen molar-refractivity contribution in [1.29, 1.82) is 0 Å². The summed E-state index contributed by atoms with van der Waals surface area (Å²) in [7, 11) is 0. The maximum atomic E-state index is 13.0. The lowest BCUT2D eigenvalue weighted by Gasteiger charge is -2.22. The number of rotatable bonds is 14. The number of benzene rings is 1. The van der Waals surface area contributed by atoms with Crippen LogP contribution in [0.2, 0.25) is 5.02 Å². The molecule has 3 atom stereocenters. The second kappa shape index (κ2) is 13.1. The maximum Gasteiger partial charge on any atom is 0.320 e. The van der Waals surface area contributed by atoms with Crippen molar-refractivity contribution in [3.05, 3.63) is 56.5 Å². The number of halogens is 1. The summed E-state index contributed by atoms with van der Waals surface area (Å²) in [5, 5.41) is 30.2. The Morgan fingerprint density at radius 3 is 2.39 bits per heavy atom. The first-order valence-electron chi connectivity index (χ1n) is 12.2. The van der Waals surface area contributed by atoms with Gasteiger partial charge in [-0.25, -0.2) is 0 Å². The van der Waals surface area contributed by atoms with Crippen LogP contribution in [-0.4, -0.2) is 72.0 Å². The van der Waals surface area contributed by atoms with E-state index in [1.807, 2.05) is 0 Å². The second-order valence-corrected chi connectivity index (χ2v) is 9.64. The van der Waals surface area contributed by atoms with Crippen LogP contribution >= 0.6 is 11.6 Å². The average molecular weight is 591 g/mol. The van der Waals surface area contributed by atoms with Gasteiger partial charge < -0.3 is 37.1 Å². The number of H-pyrrole nitrogens is 2. The van der Waals surface area contributed by atoms with E-state index in [2.05, 4.69) is 20.3 Å². The van der Waals surface area contributed by atoms with Crippen LogP contribution in [0.3, 0.4) is 0 Å². The third-order valence-corrected chi connectivity index (χ3v) is 6.66. The first-order valence-corrected chi connectivity index (χ1v) is 12.6. The van der Waals surface area contributed by atoms with Crippen molar-refractivity contribution in [2.45, 2.75) is 44.2 Å². The number of anilines is 1. The lowest BCUT2D eigenvalue weighted by Crippen LogP contribution is -2.47. The van der Waals surface area contributed by atoms with Crippen LogP contribution in [0.25, 0.3) is 11.0 Å². The molecule has 0 saturated heterocycles. The third kappa shape index (κ3) is 7.67. The summed E-state index contributed by atoms with van der Waals surface area (Å²) in [4.78, 5) is 81.5. The van der Waals surface area contributed by atoms with Gasteiger partial charge in [0.15, 0.2) is 5.78 Å². The fourth-order valence-electron chi connectivity index (χ4n) is 4.22. The highest BCUT2D eigenvalue weighted by atomic mass is 35.5. The molecular formula is C25H27ClN6O9. The normalized spacial score (nSPS) is 13.3. The van der Waals surface area contributed by atoms with E-state index in [9.17, 15) is 33.9 Å². The molecule has 0 aliphatic rings. The molecule has 2 aromatic heterocycles. The number of nitrogens with two attached hydrogens (primary N) is 2. The minimum Gasteiger partial charge on any atom is -0.481 e. The number of nitrogens with one attached hydrogen (secondary N) is 3. The lowest BCUT2D eigenvalue weighted by atomic mass is 9.89. The lowest BCUT2D eigenvalue weighted by molar-refractivity contribution is -0.148. The Balaban J connectivity index is 1.76. The molecule has 3 rings (SSSR count). The third-order valence-electron chi connectivity index (χ3n) is 6.35. The molecule has 0 spiro atoms. The number of nitrogen functional groups attached to an aromatic ring is 1. The molecule has 1 unspecified atom stereocenters. The first-order chi connectivity index (χ1) is 19.3. The Kier molecular flexibility index (Phi) is 9.81. The van der Waals surface area contributed by atoms with Crippen molar-refractivity contribution in [2.24, 2.45) is 11.7 Å². The highest BCUT2D eigenvalue weighted by Crippen LogP contribution is 2.22. The van der Waals surface area contributed by atoms with E-state index in [0.29, 0.717) is 35.0 Å². The van der Waals surface area contributed by atoms with Crippen LogP contribution in [0.5, 0.6) is 0 Å². The highest BCUT2D eigenvalue weighted by Gasteiger charge is 2.36. The summed E-state index contributed by atoms with van der Waals surface area (Å²) in [6.45, 7) is 0. The standard InChI is InChI=1S/C25H27ClN6O9/c26-14-7-10(1-3-11-9-29-20-18(11)22(37)32-25(28)31-20)2-4-12(14)21(36)30-16(5-6-17(33)34)19(35)13(23(38)39)8-15(27)24(40)41/h2,4,7,9,13,15-16H,1,3,5-6,8,27H2,(H,30,36)(H,33,34)(H,38,39)(H,40,41)(H4,28,29,31,32,37)/t13?,15-,16-/m0/s1. The van der Waals surface area contributed by atoms with E-state index in [-0.39, 0.29) is 16.5 Å². The molecule has 0 aliphatic heterocycles. The molecule has 218 valence electrons. The molecule has 3 aromatic rings. The Bertz CT molecular complexity index is 1570. The number of carboxylic acid groups (broad SMARTS) is 3. The molecule has 0 aliphatic carbocycles. The van der Waals surface area contributed by atoms with Crippen molar-refractivity contribution in [3.63, 3.8) is 0 Å². The number of aromatic nitrogens is 3. The quantitative estimate of drug-likeness (QED) is 0.118. The van der Waals surface area contributed by atoms with Crippen molar-refractivity contribution in [3.8, 4) is 0 Å². The fraction of sp³-hybridized carbons (Fsp3) is 0.320. The predicted molar refractivity (Wildman–Crippen MR) is 144 cm³/mol. The van der Waals surface area contributed by atoms with Crippen LogP contribution in [0.15, 0.2) is 29.2 Å². The average Bonchev–Trinajstić information content (AvgIpc) is 3.30. The van der Waals surface area contributed by atoms with Gasteiger partial charge in [-0.2, -0.15) is 4.98 Å². The molecule has 41 heavy (non-hydrogen) atoms. The fourth-order valence-corrected chi connectivity index (χ4v) is 4.51. The van der Waals surface area contributed by atoms with E-state index in [1.165, 1.54) is 12.1 Å². The van der Waals surface area contributed by atoms with Crippen LogP contribution in [0.1, 0.15) is 40.7 Å². The molecule has 2 heterocycles. The first kappa shape index (κ1) is 30.8. The largest absolute Gasteiger partial charge is 0.481 e. The van der Waals surface area contributed by atoms with Crippen LogP contribution in [0, 0.1) is 5.92 Å². The molecule has 0 radical (unpaired) electrons. The number of ketones is 1. The number of nitrogens with zero attached hydrogens (tertiary/aromatic N) is 1. The van der Waals surface area contributed by atoms with E-state index < -0.39 is 72.4 Å². The number of amides is 1. The number of fused-ring (bicyclic) bond motifs is 1. The minimum atomic E-state index is -1.90. The number of carbonyl (C=O) groups is 5. The van der Waals surface area contributed by atoms with Gasteiger partial charge in [0, 0.05) is 12.6 Å². The molecule has 16 heteroatoms. The van der Waals surface area contributed by atoms with Crippen molar-refractivity contribution in [2.75, 3.05) is 5.73 Å². The molecule has 1 amide bonds. The van der Waals surface area contributed by atoms with Gasteiger partial charge >= 0.3 is 17.9 Å². The monoisotopic (exact) mass is 590 g/mol. The van der Waals surface area contributed by atoms with E-state index in [1.54, 1.807) is 12.3 Å². The van der Waals surface area contributed by atoms with E-state index >= 15 is 0 Å². The maximum absolute atomic E-state index is 13.0. The predicted octanol–water partition coefficient (Wildman–Crippen LogP) is 0.307. The number of carbonyl (C=O) groups excluding carboxylic acids is 2. The van der Waals surface area contributed by atoms with Crippen LogP contribution in [-0.2, 0) is 32.0 Å². The molecule has 0 fully saturated rings. The summed E-state index contributed by atoms with van der Waals surface area (Å²) >= 11 is 6.33. The summed E-state index contributed by atoms with van der Waals surface area (Å²) in [5.41, 5.74) is 12.2. The highest BCUT2D eigenvalue weighted by molar-refractivity contribution is 6.34. The topological polar surface area (TPSA) is 272 Å². The SMILES string of the molecule is Nc1nc2[nH]cc(CCc3ccc(C(=O)N[C@@H](CCC(=O)O)C(=O)C(C[C@H](N)C(=O)O)C(=O)O)c(Cl)c3)c2c(=O)[nH]1. The van der Waals surface area contributed by atoms with Gasteiger partial charge in [0.1, 0.15) is 17.6 Å². The summed E-state index contributed by atoms with van der Waals surface area (Å²) in [6, 6.07) is 1.24. The number of aliphatic carboxylic acids is 3. The summed E-state index contributed by atoms with van der Waals surface area (Å²) in [6.07, 6.45) is 0.674. The zero-order valence-electron chi connectivity index (χ0n) is 21.3.